The number of carbonyl (C=O) groups is 9. The molecular formula is C70H127N31O11S. The number of benzene rings is 1. The summed E-state index contributed by atoms with van der Waals surface area (Å²) in [6.45, 7) is 3.98. The van der Waals surface area contributed by atoms with Crippen molar-refractivity contribution in [3.63, 3.8) is 0 Å². The largest absolute Gasteiger partial charge is 0.370 e. The number of aromatic nitrogens is 1. The first kappa shape index (κ1) is 96.5. The van der Waals surface area contributed by atoms with Crippen LogP contribution < -0.4 is 123 Å². The molecule has 1 saturated heterocycles. The van der Waals surface area contributed by atoms with Crippen molar-refractivity contribution < 1.29 is 51.6 Å². The van der Waals surface area contributed by atoms with Gasteiger partial charge in [0, 0.05) is 101 Å². The van der Waals surface area contributed by atoms with Gasteiger partial charge in [-0.15, -0.1) is 0 Å². The summed E-state index contributed by atoms with van der Waals surface area (Å²) in [4.78, 5) is 156. The second-order valence-corrected chi connectivity index (χ2v) is 29.4. The van der Waals surface area contributed by atoms with E-state index in [2.05, 4.69) is 82.4 Å². The normalized spacial score (nSPS) is 14.2. The van der Waals surface area contributed by atoms with Gasteiger partial charge in [0.2, 0.25) is 63.2 Å². The van der Waals surface area contributed by atoms with E-state index in [0.717, 1.165) is 50.6 Å². The topological polar surface area (TPSA) is 742 Å². The van der Waals surface area contributed by atoms with Gasteiger partial charge in [0.25, 0.3) is 0 Å². The molecule has 2 aromatic rings. The molecule has 36 N–H and O–H groups in total. The van der Waals surface area contributed by atoms with Crippen molar-refractivity contribution in [2.75, 3.05) is 85.1 Å². The average molecular weight is 1610 g/mol. The number of hydrogen-bond acceptors (Lipinski definition) is 20. The molecule has 0 unspecified atom stereocenters. The second kappa shape index (κ2) is 54.9. The molecule has 9 amide bonds. The summed E-state index contributed by atoms with van der Waals surface area (Å²) < 4.78 is 29.1. The molecule has 1 aromatic heterocycles. The van der Waals surface area contributed by atoms with Gasteiger partial charge in [-0.05, 0) is 160 Å². The van der Waals surface area contributed by atoms with Crippen molar-refractivity contribution in [3.8, 4) is 0 Å². The maximum atomic E-state index is 14.7. The molecule has 43 heteroatoms. The molecule has 0 radical (unpaired) electrons. The smallest absolute Gasteiger partial charge is 0.243 e. The highest BCUT2D eigenvalue weighted by Crippen LogP contribution is 2.26. The number of sulfonamides is 1. The number of carbonyl (C=O) groups excluding carboxylic acids is 9. The standard InChI is InChI=1S/C70H127N31O11S/c71-31-8-7-20-49(93-56(102)28-5-2-1-3-10-40-100-41-18-42-101(44-43-100)113(111,112)55-27-11-19-46-45-85-39-30-47(46)55)59(105)86-32-9-4-6-29-57(103)94-50(22-13-34-88-66(75)76)60(106)96-52(24-15-36-90-68(79)80)62(108)98-54(26-17-38-92-70(83)84)64(110)99-53(25-16-37-91-69(81)82)63(109)97-51(23-14-35-89-67(77)78)61(107)95-48(58(72)104)21-12-33-87-65(73)74/h11,19,27,30,39,45,48-54H,1-10,12-18,20-26,28-29,31-38,40-44,71H2,(H2,72,104)(H,86,105)(H,93,102)(H,94,103)(H,95,107)(H,96,106)(H,97,109)(H,98,108)(H,99,110)(H4,73,74,87)(H4,75,76,88)(H4,77,78,89)(H4,79,80,90)(H4,81,82,91)(H4,83,84,92)/t48-,49-,50-,51-,52-,53-,54-/m1/s1. The van der Waals surface area contributed by atoms with Crippen LogP contribution in [0.5, 0.6) is 0 Å². The van der Waals surface area contributed by atoms with Gasteiger partial charge in [0.15, 0.2) is 35.8 Å². The maximum absolute atomic E-state index is 14.7. The summed E-state index contributed by atoms with van der Waals surface area (Å²) in [6.07, 6.45) is 11.8. The molecule has 1 fully saturated rings. The lowest BCUT2D eigenvalue weighted by Crippen LogP contribution is -2.59. The number of pyridine rings is 1. The van der Waals surface area contributed by atoms with Crippen LogP contribution in [0.25, 0.3) is 10.8 Å². The van der Waals surface area contributed by atoms with Gasteiger partial charge >= 0.3 is 0 Å². The Labute approximate surface area is 661 Å². The number of nitrogens with one attached hydrogen (secondary N) is 8. The summed E-state index contributed by atoms with van der Waals surface area (Å²) >= 11 is 0. The molecule has 0 bridgehead atoms. The third-order valence-corrected chi connectivity index (χ3v) is 20.1. The molecule has 113 heavy (non-hydrogen) atoms. The molecule has 634 valence electrons. The van der Waals surface area contributed by atoms with E-state index < -0.39 is 93.7 Å². The third-order valence-electron chi connectivity index (χ3n) is 18.2. The molecule has 0 aliphatic carbocycles. The van der Waals surface area contributed by atoms with E-state index >= 15 is 0 Å². The Kier molecular flexibility index (Phi) is 46.9. The third kappa shape index (κ3) is 41.4. The van der Waals surface area contributed by atoms with Crippen LogP contribution in [-0.2, 0) is 53.2 Å². The van der Waals surface area contributed by atoms with Crippen LogP contribution >= 0.6 is 0 Å². The maximum Gasteiger partial charge on any atom is 0.243 e. The van der Waals surface area contributed by atoms with Gasteiger partial charge in [0.05, 0.1) is 4.90 Å². The minimum Gasteiger partial charge on any atom is -0.370 e. The summed E-state index contributed by atoms with van der Waals surface area (Å²) in [5.74, 6) is -7.68. The quantitative estimate of drug-likeness (QED) is 0.0167. The van der Waals surface area contributed by atoms with Crippen LogP contribution in [-0.4, -0.2) is 239 Å². The lowest BCUT2D eigenvalue weighted by molar-refractivity contribution is -0.135. The van der Waals surface area contributed by atoms with Crippen molar-refractivity contribution >= 4 is 110 Å². The lowest BCUT2D eigenvalue weighted by Gasteiger charge is -2.27. The molecule has 1 aliphatic heterocycles. The zero-order valence-electron chi connectivity index (χ0n) is 65.1. The number of fused-ring (bicyclic) bond motifs is 1. The van der Waals surface area contributed by atoms with E-state index in [1.807, 2.05) is 6.07 Å². The number of guanidine groups is 6. The first-order chi connectivity index (χ1) is 53.9. The van der Waals surface area contributed by atoms with E-state index in [-0.39, 0.29) is 183 Å². The van der Waals surface area contributed by atoms with E-state index in [4.69, 9.17) is 80.3 Å². The van der Waals surface area contributed by atoms with Crippen molar-refractivity contribution in [2.24, 2.45) is 110 Å². The highest BCUT2D eigenvalue weighted by atomic mass is 32.2. The van der Waals surface area contributed by atoms with E-state index in [1.54, 1.807) is 34.9 Å². The minimum atomic E-state index is -3.70. The number of hydrogen-bond donors (Lipinski definition) is 22. The number of rotatable bonds is 58. The number of amides is 9. The summed E-state index contributed by atoms with van der Waals surface area (Å²) in [7, 11) is -3.70. The molecule has 0 saturated carbocycles. The fourth-order valence-corrected chi connectivity index (χ4v) is 13.9. The van der Waals surface area contributed by atoms with Gasteiger partial charge in [-0.25, -0.2) is 8.42 Å². The number of nitrogens with two attached hydrogens (primary N) is 14. The number of aliphatic imine (C=N–C) groups is 6. The summed E-state index contributed by atoms with van der Waals surface area (Å²) in [6, 6.07) is -1.99. The van der Waals surface area contributed by atoms with Gasteiger partial charge in [-0.2, -0.15) is 4.31 Å². The summed E-state index contributed by atoms with van der Waals surface area (Å²) in [5.41, 5.74) is 78.1. The molecule has 2 heterocycles. The van der Waals surface area contributed by atoms with E-state index in [1.165, 1.54) is 0 Å². The lowest BCUT2D eigenvalue weighted by atomic mass is 10.0. The van der Waals surface area contributed by atoms with Crippen LogP contribution in [0.2, 0.25) is 0 Å². The molecule has 0 spiro atoms. The minimum absolute atomic E-state index is 0.00358. The number of primary amides is 1. The Morgan fingerprint density at radius 1 is 0.398 bits per heavy atom. The highest BCUT2D eigenvalue weighted by Gasteiger charge is 2.35. The number of nitrogens with zero attached hydrogens (tertiary/aromatic N) is 9. The number of unbranched alkanes of at least 4 members (excludes halogenated alkanes) is 7. The highest BCUT2D eigenvalue weighted by molar-refractivity contribution is 7.89. The molecule has 7 atom stereocenters. The van der Waals surface area contributed by atoms with Gasteiger partial charge in [0.1, 0.15) is 42.3 Å². The first-order valence-electron chi connectivity index (χ1n) is 38.7. The molecule has 3 rings (SSSR count). The first-order valence-corrected chi connectivity index (χ1v) is 40.1. The fraction of sp³-hybridized carbons (Fsp3) is 0.657. The Balaban J connectivity index is 1.69. The van der Waals surface area contributed by atoms with Crippen molar-refractivity contribution in [1.29, 1.82) is 0 Å². The van der Waals surface area contributed by atoms with Crippen LogP contribution in [0.1, 0.15) is 167 Å². The molecule has 42 nitrogen and oxygen atoms in total. The van der Waals surface area contributed by atoms with Crippen LogP contribution in [0.15, 0.2) is 71.5 Å². The summed E-state index contributed by atoms with van der Waals surface area (Å²) in [5, 5.41) is 23.3. The fourth-order valence-electron chi connectivity index (χ4n) is 12.2. The predicted octanol–water partition coefficient (Wildman–Crippen LogP) is -5.72. The van der Waals surface area contributed by atoms with Gasteiger partial charge in [-0.1, -0.05) is 37.8 Å². The van der Waals surface area contributed by atoms with Crippen molar-refractivity contribution in [1.82, 2.24) is 56.7 Å². The van der Waals surface area contributed by atoms with Crippen LogP contribution in [0.4, 0.5) is 0 Å². The SMILES string of the molecule is NCCCC[C@@H](NC(=O)CCCCCCCN1CCCN(S(=O)(=O)c2cccc3cnccc23)CC1)C(=O)NCCCCCC(=O)N[C@H](CCCN=C(N)N)C(=O)N[C@H](CCCN=C(N)N)C(=O)N[C@H](CCCN=C(N)N)C(=O)N[C@H](CCCN=C(N)N)C(=O)N[C@H](CCCN=C(N)N)C(=O)N[C@H](CCCN=C(N)N)C(N)=O. The average Bonchev–Trinajstić information content (AvgIpc) is 1.19. The Morgan fingerprint density at radius 2 is 0.770 bits per heavy atom. The molecule has 1 aromatic carbocycles. The van der Waals surface area contributed by atoms with Gasteiger partial charge in [-0.3, -0.25) is 78.1 Å². The van der Waals surface area contributed by atoms with E-state index in [0.29, 0.717) is 81.4 Å². The molecular weight excluding hydrogens is 1480 g/mol. The molecule has 1 aliphatic rings. The predicted molar refractivity (Wildman–Crippen MR) is 436 cm³/mol. The van der Waals surface area contributed by atoms with Crippen molar-refractivity contribution in [2.45, 2.75) is 214 Å². The zero-order valence-corrected chi connectivity index (χ0v) is 65.9. The monoisotopic (exact) mass is 1610 g/mol. The Morgan fingerprint density at radius 3 is 1.19 bits per heavy atom. The van der Waals surface area contributed by atoms with Gasteiger partial charge < -0.3 is 128 Å². The zero-order chi connectivity index (χ0) is 83.5. The Hall–Kier alpha value is -10.7. The van der Waals surface area contributed by atoms with Crippen LogP contribution in [0, 0.1) is 0 Å². The van der Waals surface area contributed by atoms with Crippen molar-refractivity contribution in [3.05, 3.63) is 36.7 Å². The van der Waals surface area contributed by atoms with Crippen LogP contribution in [0.3, 0.4) is 0 Å². The Bertz CT molecular complexity index is 3590. The van der Waals surface area contributed by atoms with E-state index in [9.17, 15) is 51.6 Å². The second-order valence-electron chi connectivity index (χ2n) is 27.5.